The minimum absolute atomic E-state index is 0.228. The second kappa shape index (κ2) is 5.87. The first-order valence-corrected chi connectivity index (χ1v) is 6.41. The van der Waals surface area contributed by atoms with Crippen LogP contribution >= 0.6 is 0 Å². The highest BCUT2D eigenvalue weighted by molar-refractivity contribution is 5.81. The van der Waals surface area contributed by atoms with Crippen LogP contribution in [0, 0.1) is 0 Å². The lowest BCUT2D eigenvalue weighted by Gasteiger charge is -2.27. The van der Waals surface area contributed by atoms with Gasteiger partial charge >= 0.3 is 0 Å². The van der Waals surface area contributed by atoms with Gasteiger partial charge in [0.05, 0.1) is 6.42 Å². The summed E-state index contributed by atoms with van der Waals surface area (Å²) >= 11 is 0. The number of hydrogen-bond acceptors (Lipinski definition) is 3. The quantitative estimate of drug-likeness (QED) is 0.867. The largest absolute Gasteiger partial charge is 0.383 e. The van der Waals surface area contributed by atoms with E-state index in [1.54, 1.807) is 0 Å². The Hall–Kier alpha value is -1.55. The van der Waals surface area contributed by atoms with Crippen LogP contribution in [0.3, 0.4) is 0 Å². The van der Waals surface area contributed by atoms with E-state index in [0.717, 1.165) is 37.4 Å². The Bertz CT molecular complexity index is 417. The third kappa shape index (κ3) is 3.23. The first-order chi connectivity index (χ1) is 8.66. The number of likely N-dealkylation sites (N-methyl/N-ethyl adjacent to an activating group) is 1. The van der Waals surface area contributed by atoms with Crippen molar-refractivity contribution in [1.82, 2.24) is 9.80 Å². The van der Waals surface area contributed by atoms with Crippen molar-refractivity contribution in [3.63, 3.8) is 0 Å². The van der Waals surface area contributed by atoms with Crippen LogP contribution < -0.4 is 5.32 Å². The van der Waals surface area contributed by atoms with Crippen molar-refractivity contribution in [2.24, 2.45) is 0 Å². The molecule has 18 heavy (non-hydrogen) atoms. The van der Waals surface area contributed by atoms with E-state index in [9.17, 15) is 4.79 Å². The average Bonchev–Trinajstić information content (AvgIpc) is 2.32. The van der Waals surface area contributed by atoms with Crippen molar-refractivity contribution in [2.45, 2.75) is 6.42 Å². The van der Waals surface area contributed by atoms with Crippen molar-refractivity contribution in [3.05, 3.63) is 29.8 Å². The molecule has 98 valence electrons. The summed E-state index contributed by atoms with van der Waals surface area (Å²) in [4.78, 5) is 16.3. The van der Waals surface area contributed by atoms with Gasteiger partial charge in [-0.25, -0.2) is 0 Å². The van der Waals surface area contributed by atoms with Gasteiger partial charge in [-0.3, -0.25) is 4.79 Å². The van der Waals surface area contributed by atoms with Crippen molar-refractivity contribution >= 4 is 11.6 Å². The van der Waals surface area contributed by atoms with E-state index < -0.39 is 0 Å². The molecule has 1 aliphatic heterocycles. The summed E-state index contributed by atoms with van der Waals surface area (Å²) in [6.07, 6.45) is 0.497. The number of nitrogens with zero attached hydrogens (tertiary/aromatic N) is 2. The van der Waals surface area contributed by atoms with Crippen molar-refractivity contribution in [2.75, 3.05) is 45.6 Å². The highest BCUT2D eigenvalue weighted by Gasteiger charge is 2.18. The molecule has 1 heterocycles. The molecule has 0 unspecified atom stereocenters. The van der Waals surface area contributed by atoms with E-state index in [0.29, 0.717) is 6.42 Å². The molecule has 0 radical (unpaired) electrons. The Morgan fingerprint density at radius 3 is 2.89 bits per heavy atom. The second-order valence-corrected chi connectivity index (χ2v) is 4.94. The molecule has 0 aromatic heterocycles. The van der Waals surface area contributed by atoms with Gasteiger partial charge in [0.25, 0.3) is 0 Å². The first kappa shape index (κ1) is 12.9. The van der Waals surface area contributed by atoms with Gasteiger partial charge in [0.2, 0.25) is 5.91 Å². The van der Waals surface area contributed by atoms with Gasteiger partial charge in [0.1, 0.15) is 0 Å². The second-order valence-electron chi connectivity index (χ2n) is 4.94. The summed E-state index contributed by atoms with van der Waals surface area (Å²) in [5.74, 6) is 0.228. The third-order valence-corrected chi connectivity index (χ3v) is 3.23. The molecule has 1 amide bonds. The Labute approximate surface area is 109 Å². The topological polar surface area (TPSA) is 35.6 Å². The number of nitrogens with one attached hydrogen (secondary N) is 1. The fourth-order valence-corrected chi connectivity index (χ4v) is 2.13. The summed E-state index contributed by atoms with van der Waals surface area (Å²) in [5.41, 5.74) is 2.19. The summed E-state index contributed by atoms with van der Waals surface area (Å²) in [6.45, 7) is 3.31. The van der Waals surface area contributed by atoms with E-state index in [1.165, 1.54) is 0 Å². The van der Waals surface area contributed by atoms with Crippen molar-refractivity contribution < 1.29 is 4.79 Å². The van der Waals surface area contributed by atoms with Crippen LogP contribution in [0.25, 0.3) is 0 Å². The molecule has 1 aromatic rings. The van der Waals surface area contributed by atoms with Crippen molar-refractivity contribution in [3.8, 4) is 0 Å². The van der Waals surface area contributed by atoms with E-state index in [1.807, 2.05) is 43.3 Å². The molecule has 4 nitrogen and oxygen atoms in total. The fraction of sp³-hybridized carbons (Fsp3) is 0.500. The van der Waals surface area contributed by atoms with Gasteiger partial charge in [-0.1, -0.05) is 18.2 Å². The number of amides is 1. The number of hydrogen-bond donors (Lipinski definition) is 1. The fourth-order valence-electron chi connectivity index (χ4n) is 2.13. The SMILES string of the molecule is CN(C)CCN1CCNc2ccccc2CC1=O. The monoisotopic (exact) mass is 247 g/mol. The molecular weight excluding hydrogens is 226 g/mol. The zero-order valence-corrected chi connectivity index (χ0v) is 11.1. The normalized spacial score (nSPS) is 15.9. The minimum atomic E-state index is 0.228. The van der Waals surface area contributed by atoms with Gasteiger partial charge < -0.3 is 15.1 Å². The predicted molar refractivity (Wildman–Crippen MR) is 73.8 cm³/mol. The minimum Gasteiger partial charge on any atom is -0.383 e. The number of para-hydroxylation sites is 1. The van der Waals surface area contributed by atoms with E-state index in [-0.39, 0.29) is 5.91 Å². The molecule has 0 bridgehead atoms. The molecule has 4 heteroatoms. The summed E-state index contributed by atoms with van der Waals surface area (Å²) in [6, 6.07) is 8.05. The lowest BCUT2D eigenvalue weighted by Crippen LogP contribution is -2.41. The van der Waals surface area contributed by atoms with Crippen LogP contribution in [-0.2, 0) is 11.2 Å². The van der Waals surface area contributed by atoms with Gasteiger partial charge in [-0.15, -0.1) is 0 Å². The molecule has 0 aliphatic carbocycles. The molecular formula is C14H21N3O. The van der Waals surface area contributed by atoms with Crippen LogP contribution in [0.1, 0.15) is 5.56 Å². The molecule has 0 spiro atoms. The van der Waals surface area contributed by atoms with E-state index in [4.69, 9.17) is 0 Å². The number of anilines is 1. The van der Waals surface area contributed by atoms with Crippen LogP contribution in [-0.4, -0.2) is 56.0 Å². The highest BCUT2D eigenvalue weighted by atomic mass is 16.2. The summed E-state index contributed by atoms with van der Waals surface area (Å²) < 4.78 is 0. The molecule has 1 aliphatic rings. The van der Waals surface area contributed by atoms with E-state index >= 15 is 0 Å². The zero-order valence-electron chi connectivity index (χ0n) is 11.1. The maximum atomic E-state index is 12.2. The number of rotatable bonds is 3. The van der Waals surface area contributed by atoms with Gasteiger partial charge in [0, 0.05) is 31.9 Å². The van der Waals surface area contributed by atoms with Gasteiger partial charge in [-0.05, 0) is 25.7 Å². The Morgan fingerprint density at radius 1 is 1.33 bits per heavy atom. The zero-order chi connectivity index (χ0) is 13.0. The predicted octanol–water partition coefficient (Wildman–Crippen LogP) is 1.04. The Kier molecular flexibility index (Phi) is 4.20. The molecule has 0 atom stereocenters. The molecule has 1 aromatic carbocycles. The lowest BCUT2D eigenvalue weighted by molar-refractivity contribution is -0.130. The molecule has 0 fully saturated rings. The maximum Gasteiger partial charge on any atom is 0.227 e. The standard InChI is InChI=1S/C14H21N3O/c1-16(2)9-10-17-8-7-15-13-6-4-3-5-12(13)11-14(17)18/h3-6,15H,7-11H2,1-2H3. The molecule has 0 saturated heterocycles. The molecule has 1 N–H and O–H groups in total. The maximum absolute atomic E-state index is 12.2. The van der Waals surface area contributed by atoms with Crippen LogP contribution in [0.15, 0.2) is 24.3 Å². The number of carbonyl (C=O) groups excluding carboxylic acids is 1. The van der Waals surface area contributed by atoms with Crippen LogP contribution in [0.4, 0.5) is 5.69 Å². The third-order valence-electron chi connectivity index (χ3n) is 3.23. The lowest BCUT2D eigenvalue weighted by atomic mass is 10.1. The summed E-state index contributed by atoms with van der Waals surface area (Å²) in [5, 5.41) is 3.40. The number of carbonyl (C=O) groups is 1. The van der Waals surface area contributed by atoms with Gasteiger partial charge in [0.15, 0.2) is 0 Å². The number of fused-ring (bicyclic) bond motifs is 1. The first-order valence-electron chi connectivity index (χ1n) is 6.41. The van der Waals surface area contributed by atoms with Crippen LogP contribution in [0.2, 0.25) is 0 Å². The highest BCUT2D eigenvalue weighted by Crippen LogP contribution is 2.18. The van der Waals surface area contributed by atoms with E-state index in [2.05, 4.69) is 10.2 Å². The van der Waals surface area contributed by atoms with Gasteiger partial charge in [-0.2, -0.15) is 0 Å². The molecule has 2 rings (SSSR count). The Balaban J connectivity index is 2.05. The van der Waals surface area contributed by atoms with Crippen LogP contribution in [0.5, 0.6) is 0 Å². The number of benzene rings is 1. The summed E-state index contributed by atoms with van der Waals surface area (Å²) in [7, 11) is 4.06. The Morgan fingerprint density at radius 2 is 2.11 bits per heavy atom. The average molecular weight is 247 g/mol. The molecule has 0 saturated carbocycles. The smallest absolute Gasteiger partial charge is 0.227 e. The van der Waals surface area contributed by atoms with Crippen molar-refractivity contribution in [1.29, 1.82) is 0 Å².